The summed E-state index contributed by atoms with van der Waals surface area (Å²) in [6, 6.07) is 11.8. The molecule has 1 aromatic heterocycles. The fourth-order valence-corrected chi connectivity index (χ4v) is 6.01. The van der Waals surface area contributed by atoms with Crippen LogP contribution in [-0.2, 0) is 10.0 Å². The molecule has 0 bridgehead atoms. The summed E-state index contributed by atoms with van der Waals surface area (Å²) in [6.07, 6.45) is 1.85. The van der Waals surface area contributed by atoms with E-state index in [0.29, 0.717) is 49.6 Å². The Bertz CT molecular complexity index is 917. The Morgan fingerprint density at radius 3 is 2.52 bits per heavy atom. The van der Waals surface area contributed by atoms with Crippen LogP contribution in [0.5, 0.6) is 5.75 Å². The minimum absolute atomic E-state index is 0.0349. The number of carbonyl (C=O) groups is 1. The number of nitrogens with one attached hydrogen (secondary N) is 1. The van der Waals surface area contributed by atoms with Gasteiger partial charge in [-0.05, 0) is 37.8 Å². The SMILES string of the molecule is CCCS(=O)(=O)N1CCC(NC(=O)c2sc(-c3ccccc3)cc2OCC)CC1. The molecule has 1 saturated heterocycles. The Balaban J connectivity index is 1.67. The summed E-state index contributed by atoms with van der Waals surface area (Å²) in [5.74, 6) is 0.617. The molecule has 3 rings (SSSR count). The zero-order chi connectivity index (χ0) is 20.9. The molecule has 1 amide bonds. The first-order chi connectivity index (χ1) is 13.9. The van der Waals surface area contributed by atoms with Crippen LogP contribution in [0.15, 0.2) is 36.4 Å². The molecule has 29 heavy (non-hydrogen) atoms. The van der Waals surface area contributed by atoms with Gasteiger partial charge in [0.15, 0.2) is 0 Å². The fourth-order valence-electron chi connectivity index (χ4n) is 3.46. The van der Waals surface area contributed by atoms with E-state index >= 15 is 0 Å². The lowest BCUT2D eigenvalue weighted by Gasteiger charge is -2.31. The van der Waals surface area contributed by atoms with Crippen LogP contribution in [0.4, 0.5) is 0 Å². The van der Waals surface area contributed by atoms with E-state index in [1.807, 2.05) is 50.2 Å². The Morgan fingerprint density at radius 2 is 1.90 bits per heavy atom. The average Bonchev–Trinajstić information content (AvgIpc) is 3.13. The number of nitrogens with zero attached hydrogens (tertiary/aromatic N) is 1. The number of sulfonamides is 1. The van der Waals surface area contributed by atoms with Crippen molar-refractivity contribution >= 4 is 27.3 Å². The van der Waals surface area contributed by atoms with Gasteiger partial charge < -0.3 is 10.1 Å². The number of hydrogen-bond donors (Lipinski definition) is 1. The molecule has 1 N–H and O–H groups in total. The second-order valence-electron chi connectivity index (χ2n) is 7.07. The maximum Gasteiger partial charge on any atom is 0.265 e. The lowest BCUT2D eigenvalue weighted by Crippen LogP contribution is -2.46. The summed E-state index contributed by atoms with van der Waals surface area (Å²) in [4.78, 5) is 14.5. The molecule has 1 aromatic carbocycles. The number of piperidine rings is 1. The fraction of sp³-hybridized carbons (Fsp3) is 0.476. The van der Waals surface area contributed by atoms with E-state index in [1.165, 1.54) is 11.3 Å². The van der Waals surface area contributed by atoms with E-state index < -0.39 is 10.0 Å². The first-order valence-electron chi connectivity index (χ1n) is 10.0. The van der Waals surface area contributed by atoms with Crippen molar-refractivity contribution in [1.29, 1.82) is 0 Å². The van der Waals surface area contributed by atoms with Gasteiger partial charge in [-0.2, -0.15) is 0 Å². The lowest BCUT2D eigenvalue weighted by molar-refractivity contribution is 0.0924. The minimum Gasteiger partial charge on any atom is -0.492 e. The highest BCUT2D eigenvalue weighted by atomic mass is 32.2. The van der Waals surface area contributed by atoms with E-state index in [2.05, 4.69) is 5.32 Å². The van der Waals surface area contributed by atoms with Gasteiger partial charge in [-0.3, -0.25) is 4.79 Å². The van der Waals surface area contributed by atoms with E-state index in [4.69, 9.17) is 4.74 Å². The molecule has 0 radical (unpaired) electrons. The van der Waals surface area contributed by atoms with Crippen LogP contribution in [0.2, 0.25) is 0 Å². The quantitative estimate of drug-likeness (QED) is 0.684. The smallest absolute Gasteiger partial charge is 0.265 e. The van der Waals surface area contributed by atoms with Crippen molar-refractivity contribution < 1.29 is 17.9 Å². The van der Waals surface area contributed by atoms with Crippen molar-refractivity contribution in [2.45, 2.75) is 39.2 Å². The average molecular weight is 437 g/mol. The van der Waals surface area contributed by atoms with Crippen LogP contribution >= 0.6 is 11.3 Å². The van der Waals surface area contributed by atoms with Crippen LogP contribution in [0.1, 0.15) is 42.8 Å². The van der Waals surface area contributed by atoms with Crippen molar-refractivity contribution in [2.24, 2.45) is 0 Å². The van der Waals surface area contributed by atoms with Gasteiger partial charge in [-0.1, -0.05) is 37.3 Å². The Labute approximate surface area is 176 Å². The normalized spacial score (nSPS) is 15.9. The van der Waals surface area contributed by atoms with E-state index in [1.54, 1.807) is 4.31 Å². The third-order valence-corrected chi connectivity index (χ3v) is 8.15. The predicted molar refractivity (Wildman–Crippen MR) is 117 cm³/mol. The second kappa shape index (κ2) is 9.73. The summed E-state index contributed by atoms with van der Waals surface area (Å²) >= 11 is 1.42. The van der Waals surface area contributed by atoms with Crippen molar-refractivity contribution in [1.82, 2.24) is 9.62 Å². The summed E-state index contributed by atoms with van der Waals surface area (Å²) in [6.45, 7) is 5.15. The Hall–Kier alpha value is -1.90. The first-order valence-corrected chi connectivity index (χ1v) is 12.5. The van der Waals surface area contributed by atoms with Gasteiger partial charge in [0.2, 0.25) is 10.0 Å². The molecule has 0 atom stereocenters. The first kappa shape index (κ1) is 21.8. The Kier molecular flexibility index (Phi) is 7.32. The molecule has 0 spiro atoms. The number of carbonyl (C=O) groups excluding carboxylic acids is 1. The number of thiophene rings is 1. The zero-order valence-corrected chi connectivity index (χ0v) is 18.5. The van der Waals surface area contributed by atoms with Crippen molar-refractivity contribution in [2.75, 3.05) is 25.4 Å². The molecule has 2 aromatic rings. The summed E-state index contributed by atoms with van der Waals surface area (Å²) in [5, 5.41) is 3.07. The molecule has 2 heterocycles. The van der Waals surface area contributed by atoms with Gasteiger partial charge in [-0.25, -0.2) is 12.7 Å². The van der Waals surface area contributed by atoms with E-state index in [9.17, 15) is 13.2 Å². The van der Waals surface area contributed by atoms with Gasteiger partial charge >= 0.3 is 0 Å². The van der Waals surface area contributed by atoms with Crippen molar-refractivity contribution in [3.63, 3.8) is 0 Å². The molecule has 0 saturated carbocycles. The maximum absolute atomic E-state index is 12.9. The van der Waals surface area contributed by atoms with Gasteiger partial charge in [0.25, 0.3) is 5.91 Å². The van der Waals surface area contributed by atoms with E-state index in [-0.39, 0.29) is 17.7 Å². The van der Waals surface area contributed by atoms with Crippen LogP contribution < -0.4 is 10.1 Å². The van der Waals surface area contributed by atoms with Crippen LogP contribution in [0.3, 0.4) is 0 Å². The molecule has 6 nitrogen and oxygen atoms in total. The largest absolute Gasteiger partial charge is 0.492 e. The molecular weight excluding hydrogens is 408 g/mol. The van der Waals surface area contributed by atoms with Crippen molar-refractivity contribution in [3.05, 3.63) is 41.3 Å². The standard InChI is InChI=1S/C21H28N2O4S2/c1-3-14-29(25,26)23-12-10-17(11-13-23)22-21(24)20-18(27-4-2)15-19(28-20)16-8-6-5-7-9-16/h5-9,15,17H,3-4,10-14H2,1-2H3,(H,22,24). The Morgan fingerprint density at radius 1 is 1.21 bits per heavy atom. The maximum atomic E-state index is 12.9. The highest BCUT2D eigenvalue weighted by molar-refractivity contribution is 7.89. The van der Waals surface area contributed by atoms with Gasteiger partial charge in [0.1, 0.15) is 10.6 Å². The number of hydrogen-bond acceptors (Lipinski definition) is 5. The highest BCUT2D eigenvalue weighted by Crippen LogP contribution is 2.36. The molecule has 158 valence electrons. The molecule has 1 aliphatic heterocycles. The molecule has 0 unspecified atom stereocenters. The van der Waals surface area contributed by atoms with Crippen LogP contribution in [-0.4, -0.2) is 50.1 Å². The molecule has 0 aliphatic carbocycles. The van der Waals surface area contributed by atoms with Crippen LogP contribution in [0.25, 0.3) is 10.4 Å². The molecule has 1 fully saturated rings. The van der Waals surface area contributed by atoms with E-state index in [0.717, 1.165) is 10.4 Å². The number of rotatable bonds is 8. The topological polar surface area (TPSA) is 75.7 Å². The predicted octanol–water partition coefficient (Wildman–Crippen LogP) is 3.75. The minimum atomic E-state index is -3.18. The molecule has 8 heteroatoms. The summed E-state index contributed by atoms with van der Waals surface area (Å²) in [7, 11) is -3.18. The summed E-state index contributed by atoms with van der Waals surface area (Å²) < 4.78 is 31.7. The zero-order valence-electron chi connectivity index (χ0n) is 16.9. The lowest BCUT2D eigenvalue weighted by atomic mass is 10.1. The van der Waals surface area contributed by atoms with Gasteiger partial charge in [0, 0.05) is 24.0 Å². The monoisotopic (exact) mass is 436 g/mol. The number of amides is 1. The van der Waals surface area contributed by atoms with Gasteiger partial charge in [-0.15, -0.1) is 11.3 Å². The second-order valence-corrected chi connectivity index (χ2v) is 10.2. The summed E-state index contributed by atoms with van der Waals surface area (Å²) in [5.41, 5.74) is 1.05. The number of benzene rings is 1. The van der Waals surface area contributed by atoms with Gasteiger partial charge in [0.05, 0.1) is 12.4 Å². The number of ether oxygens (including phenoxy) is 1. The third-order valence-electron chi connectivity index (χ3n) is 4.91. The highest BCUT2D eigenvalue weighted by Gasteiger charge is 2.29. The third kappa shape index (κ3) is 5.38. The molecule has 1 aliphatic rings. The van der Waals surface area contributed by atoms with Crippen molar-refractivity contribution in [3.8, 4) is 16.2 Å². The molecular formula is C21H28N2O4S2. The van der Waals surface area contributed by atoms with Crippen LogP contribution in [0, 0.1) is 0 Å².